The lowest BCUT2D eigenvalue weighted by Crippen LogP contribution is -2.37. The van der Waals surface area contributed by atoms with Gasteiger partial charge in [-0.2, -0.15) is 35.5 Å². The van der Waals surface area contributed by atoms with E-state index in [2.05, 4.69) is 92.8 Å². The quantitative estimate of drug-likeness (QED) is 0.214. The monoisotopic (exact) mass is 688 g/mol. The first kappa shape index (κ1) is 38.9. The number of aliphatic carboxylic acids is 2. The van der Waals surface area contributed by atoms with Crippen LogP contribution in [-0.4, -0.2) is 54.4 Å². The summed E-state index contributed by atoms with van der Waals surface area (Å²) in [6.07, 6.45) is -2.33. The van der Waals surface area contributed by atoms with Gasteiger partial charge in [0.15, 0.2) is 25.5 Å². The number of para-hydroxylation sites is 2. The average molecular weight is 689 g/mol. The van der Waals surface area contributed by atoms with Crippen LogP contribution in [-0.2, 0) is 22.7 Å². The van der Waals surface area contributed by atoms with Crippen LogP contribution in [0.15, 0.2) is 73.1 Å². The van der Waals surface area contributed by atoms with E-state index in [4.69, 9.17) is 19.8 Å². The summed E-state index contributed by atoms with van der Waals surface area (Å²) in [4.78, 5) is 17.6. The van der Waals surface area contributed by atoms with Gasteiger partial charge in [-0.15, -0.1) is 11.8 Å². The summed E-state index contributed by atoms with van der Waals surface area (Å²) < 4.78 is 67.9. The minimum absolute atomic E-state index is 0. The maximum absolute atomic E-state index is 10.5. The average Bonchev–Trinajstić information content (AvgIpc) is 3.01. The number of carbonyl (C=O) groups is 2. The Morgan fingerprint density at radius 3 is 1.36 bits per heavy atom. The van der Waals surface area contributed by atoms with E-state index in [9.17, 15) is 26.3 Å². The van der Waals surface area contributed by atoms with Gasteiger partial charge in [-0.3, -0.25) is 0 Å². The van der Waals surface area contributed by atoms with Gasteiger partial charge in [0.2, 0.25) is 11.0 Å². The van der Waals surface area contributed by atoms with Gasteiger partial charge >= 0.3 is 12.4 Å². The Labute approximate surface area is 270 Å². The fourth-order valence-electron chi connectivity index (χ4n) is 4.57. The minimum atomic E-state index is -5.19. The molecule has 0 fully saturated rings. The maximum atomic E-state index is 10.5. The number of hydrogen-bond acceptors (Lipinski definition) is 7. The zero-order valence-electron chi connectivity index (χ0n) is 25.0. The van der Waals surface area contributed by atoms with Crippen molar-refractivity contribution in [1.29, 1.82) is 0 Å². The molecule has 0 saturated carbocycles. The second kappa shape index (κ2) is 18.1. The van der Waals surface area contributed by atoms with Crippen LogP contribution in [0.25, 0.3) is 21.8 Å². The van der Waals surface area contributed by atoms with Gasteiger partial charge in [0, 0.05) is 37.4 Å². The van der Waals surface area contributed by atoms with E-state index in [0.717, 1.165) is 37.7 Å². The van der Waals surface area contributed by atoms with Crippen LogP contribution in [0.2, 0.25) is 0 Å². The first-order valence-corrected chi connectivity index (χ1v) is 15.4. The summed E-state index contributed by atoms with van der Waals surface area (Å²) in [7, 11) is 0. The lowest BCUT2D eigenvalue weighted by molar-refractivity contribution is -0.667. The second-order valence-corrected chi connectivity index (χ2v) is 11.2. The van der Waals surface area contributed by atoms with Crippen LogP contribution in [0.1, 0.15) is 19.3 Å². The van der Waals surface area contributed by atoms with Crippen LogP contribution < -0.4 is 30.0 Å². The van der Waals surface area contributed by atoms with Crippen molar-refractivity contribution in [2.24, 2.45) is 0 Å². The zero-order valence-corrected chi connectivity index (χ0v) is 25.8. The summed E-state index contributed by atoms with van der Waals surface area (Å²) in [5.74, 6) is -3.79. The predicted molar refractivity (Wildman–Crippen MR) is 162 cm³/mol. The molecular weight excluding hydrogens is 654 g/mol. The van der Waals surface area contributed by atoms with Gasteiger partial charge < -0.3 is 35.9 Å². The zero-order chi connectivity index (χ0) is 33.7. The molecule has 0 unspecified atom stereocenters. The molecule has 16 heteroatoms. The lowest BCUT2D eigenvalue weighted by atomic mass is 10.1. The van der Waals surface area contributed by atoms with Gasteiger partial charge in [-0.1, -0.05) is 24.3 Å². The van der Waals surface area contributed by atoms with E-state index < -0.39 is 24.3 Å². The maximum Gasteiger partial charge on any atom is 0.430 e. The molecule has 0 saturated heterocycles. The highest BCUT2D eigenvalue weighted by Gasteiger charge is 2.29. The molecule has 6 rings (SSSR count). The highest BCUT2D eigenvalue weighted by molar-refractivity contribution is 7.99. The molecule has 4 heterocycles. The Morgan fingerprint density at radius 1 is 0.638 bits per heavy atom. The Morgan fingerprint density at radius 2 is 1.00 bits per heavy atom. The Balaban J connectivity index is 0.000000432. The molecule has 2 aromatic carbocycles. The molecule has 0 radical (unpaired) electrons. The number of nitrogens with zero attached hydrogens (tertiary/aromatic N) is 2. The molecular formula is C31H34F6N4O5S. The number of hydrogen-bond donors (Lipinski definition) is 2. The molecule has 0 aliphatic carbocycles. The number of aromatic nitrogens is 2. The van der Waals surface area contributed by atoms with Crippen molar-refractivity contribution in [2.45, 2.75) is 44.7 Å². The van der Waals surface area contributed by atoms with Gasteiger partial charge in [-0.25, -0.2) is 0 Å². The molecule has 2 aliphatic heterocycles. The smallest absolute Gasteiger partial charge is 0.430 e. The first-order valence-electron chi connectivity index (χ1n) is 14.2. The fourth-order valence-corrected chi connectivity index (χ4v) is 5.43. The molecule has 256 valence electrons. The number of carboxylic acids is 2. The van der Waals surface area contributed by atoms with E-state index in [1.54, 1.807) is 0 Å². The van der Waals surface area contributed by atoms with Crippen LogP contribution in [0.3, 0.4) is 0 Å². The molecule has 0 spiro atoms. The number of thioether (sulfide) groups is 1. The Bertz CT molecular complexity index is 1500. The van der Waals surface area contributed by atoms with Crippen molar-refractivity contribution in [3.63, 3.8) is 0 Å². The van der Waals surface area contributed by atoms with E-state index in [-0.39, 0.29) is 5.48 Å². The van der Waals surface area contributed by atoms with E-state index >= 15 is 0 Å². The number of carboxylic acid groups (broad SMARTS) is 2. The topological polar surface area (TPSA) is 144 Å². The summed E-state index contributed by atoms with van der Waals surface area (Å²) >= 11 is 2.03. The molecule has 0 amide bonds. The van der Waals surface area contributed by atoms with Crippen molar-refractivity contribution in [3.8, 4) is 0 Å². The number of anilines is 2. The molecule has 47 heavy (non-hydrogen) atoms. The molecule has 4 N–H and O–H groups in total. The Kier molecular flexibility index (Phi) is 15.0. The third-order valence-electron chi connectivity index (χ3n) is 6.75. The van der Waals surface area contributed by atoms with E-state index in [1.807, 2.05) is 11.8 Å². The number of fused-ring (bicyclic) bond motifs is 12. The molecule has 0 atom stereocenters. The van der Waals surface area contributed by atoms with Crippen molar-refractivity contribution in [3.05, 3.63) is 73.1 Å². The van der Waals surface area contributed by atoms with E-state index in [0.29, 0.717) is 0 Å². The van der Waals surface area contributed by atoms with Crippen molar-refractivity contribution >= 4 is 56.9 Å². The number of nitrogens with one attached hydrogen (secondary N) is 2. The standard InChI is InChI=1S/C27H30N4S.2C2HF3O2.H2O/c1-6-14-28-24-12-16-30(26-10-4-2-8-22(24)26)18-20-32-21-19-31-17-13-25(29-15-7-1)23-9-3-5-11-27(23)31;2*3-2(4,5)1(6)7;/h2-5,8-13,16-17H,1,6-7,14-15,18-21H2;2*(H,6,7);1H2. The number of aryl methyl sites for hydroxylation is 2. The lowest BCUT2D eigenvalue weighted by Gasteiger charge is -2.12. The van der Waals surface area contributed by atoms with E-state index in [1.165, 1.54) is 52.4 Å². The summed E-state index contributed by atoms with van der Waals surface area (Å²) in [5.41, 5.74) is 5.12. The fraction of sp³-hybridized carbons (Fsp3) is 0.355. The summed E-state index contributed by atoms with van der Waals surface area (Å²) in [5, 5.41) is 27.6. The largest absolute Gasteiger partial charge is 0.542 e. The molecule has 9 nitrogen and oxygen atoms in total. The third-order valence-corrected chi connectivity index (χ3v) is 7.69. The van der Waals surface area contributed by atoms with Gasteiger partial charge in [0.05, 0.1) is 33.7 Å². The van der Waals surface area contributed by atoms with Gasteiger partial charge in [-0.05, 0) is 31.4 Å². The highest BCUT2D eigenvalue weighted by Crippen LogP contribution is 2.22. The number of benzene rings is 2. The van der Waals surface area contributed by atoms with Crippen molar-refractivity contribution in [2.75, 3.05) is 35.2 Å². The molecule has 4 aromatic rings. The number of carbonyl (C=O) groups excluding carboxylic acids is 2. The number of pyridine rings is 2. The van der Waals surface area contributed by atoms with Crippen LogP contribution >= 0.6 is 11.8 Å². The molecule has 4 bridgehead atoms. The SMILES string of the molecule is O.O=C([O-])C(F)(F)F.O=C([O-])C(F)(F)F.c1ccc2c(c1)c1cc[n+]2CCSCC[n+]2ccc(c3ccccc32)NCCCCCN1. The number of alkyl halides is 6. The van der Waals surface area contributed by atoms with Crippen LogP contribution in [0.5, 0.6) is 0 Å². The van der Waals surface area contributed by atoms with Gasteiger partial charge in [0.25, 0.3) is 0 Å². The van der Waals surface area contributed by atoms with Crippen molar-refractivity contribution < 1.29 is 60.8 Å². The summed E-state index contributed by atoms with van der Waals surface area (Å²) in [6.45, 7) is 4.08. The minimum Gasteiger partial charge on any atom is -0.542 e. The normalized spacial score (nSPS) is 14.3. The molecule has 2 aromatic heterocycles. The highest BCUT2D eigenvalue weighted by atomic mass is 32.2. The van der Waals surface area contributed by atoms with Crippen LogP contribution in [0, 0.1) is 0 Å². The Hall–Kier alpha value is -4.31. The molecule has 2 aliphatic rings. The predicted octanol–water partition coefficient (Wildman–Crippen LogP) is 2.78. The number of rotatable bonds is 0. The summed E-state index contributed by atoms with van der Waals surface area (Å²) in [6, 6.07) is 22.0. The first-order chi connectivity index (χ1) is 21.8. The third kappa shape index (κ3) is 12.1. The van der Waals surface area contributed by atoms with Gasteiger partial charge in [0.1, 0.15) is 11.9 Å². The van der Waals surface area contributed by atoms with Crippen LogP contribution in [0.4, 0.5) is 37.7 Å². The second-order valence-electron chi connectivity index (χ2n) is 9.98. The van der Waals surface area contributed by atoms with Crippen molar-refractivity contribution in [1.82, 2.24) is 0 Å². The number of halogens is 6.